The molecule has 0 aromatic carbocycles. The molecule has 3 fully saturated rings. The van der Waals surface area contributed by atoms with Gasteiger partial charge in [0.05, 0.1) is 12.6 Å². The van der Waals surface area contributed by atoms with Crippen LogP contribution in [0.1, 0.15) is 12.8 Å². The van der Waals surface area contributed by atoms with E-state index in [0.29, 0.717) is 12.6 Å². The summed E-state index contributed by atoms with van der Waals surface area (Å²) in [6.45, 7) is 5.84. The predicted octanol–water partition coefficient (Wildman–Crippen LogP) is -1.60. The smallest absolute Gasteiger partial charge is 0.241 e. The molecular weight excluding hydrogens is 272 g/mol. The summed E-state index contributed by atoms with van der Waals surface area (Å²) in [6.07, 6.45) is 2.70. The fourth-order valence-electron chi connectivity index (χ4n) is 3.19. The van der Waals surface area contributed by atoms with Crippen molar-refractivity contribution >= 4 is 11.8 Å². The average Bonchev–Trinajstić information content (AvgIpc) is 3.01. The number of piperazine rings is 2. The maximum Gasteiger partial charge on any atom is 0.241 e. The lowest BCUT2D eigenvalue weighted by Crippen LogP contribution is -2.61. The Balaban J connectivity index is 1.42. The molecule has 3 rings (SSSR count). The van der Waals surface area contributed by atoms with Crippen LogP contribution in [0, 0.1) is 0 Å². The minimum Gasteiger partial charge on any atom is -0.377 e. The number of nitrogens with one attached hydrogen (secondary N) is 2. The Kier molecular flexibility index (Phi) is 4.72. The van der Waals surface area contributed by atoms with Crippen LogP contribution in [0.3, 0.4) is 0 Å². The van der Waals surface area contributed by atoms with Crippen LogP contribution in [0.4, 0.5) is 0 Å². The third-order valence-corrected chi connectivity index (χ3v) is 4.48. The normalized spacial score (nSPS) is 31.2. The highest BCUT2D eigenvalue weighted by Gasteiger charge is 2.30. The molecule has 0 bridgehead atoms. The van der Waals surface area contributed by atoms with Crippen LogP contribution in [0.5, 0.6) is 0 Å². The minimum atomic E-state index is -0.271. The highest BCUT2D eigenvalue weighted by molar-refractivity contribution is 5.86. The lowest BCUT2D eigenvalue weighted by atomic mass is 10.1. The van der Waals surface area contributed by atoms with E-state index < -0.39 is 0 Å². The number of hydrogen-bond donors (Lipinski definition) is 2. The maximum atomic E-state index is 12.4. The molecule has 2 amide bonds. The molecule has 118 valence electrons. The van der Waals surface area contributed by atoms with Crippen molar-refractivity contribution in [2.75, 3.05) is 52.4 Å². The van der Waals surface area contributed by atoms with Crippen LogP contribution in [-0.2, 0) is 14.3 Å². The van der Waals surface area contributed by atoms with E-state index in [1.165, 1.54) is 6.42 Å². The second-order valence-corrected chi connectivity index (χ2v) is 6.00. The Morgan fingerprint density at radius 2 is 2.10 bits per heavy atom. The van der Waals surface area contributed by atoms with E-state index in [4.69, 9.17) is 4.74 Å². The van der Waals surface area contributed by atoms with Gasteiger partial charge in [-0.05, 0) is 12.8 Å². The summed E-state index contributed by atoms with van der Waals surface area (Å²) in [7, 11) is 0. The van der Waals surface area contributed by atoms with E-state index in [1.54, 1.807) is 0 Å². The molecule has 2 atom stereocenters. The molecule has 0 spiro atoms. The molecule has 7 nitrogen and oxygen atoms in total. The summed E-state index contributed by atoms with van der Waals surface area (Å²) in [5.74, 6) is 0.0622. The second-order valence-electron chi connectivity index (χ2n) is 6.00. The zero-order valence-electron chi connectivity index (χ0n) is 12.3. The van der Waals surface area contributed by atoms with Gasteiger partial charge in [0.2, 0.25) is 11.8 Å². The summed E-state index contributed by atoms with van der Waals surface area (Å²) in [5.41, 5.74) is 0. The molecule has 0 aliphatic carbocycles. The topological polar surface area (TPSA) is 73.9 Å². The molecule has 0 radical (unpaired) electrons. The predicted molar refractivity (Wildman–Crippen MR) is 76.8 cm³/mol. The first-order valence-electron chi connectivity index (χ1n) is 7.85. The van der Waals surface area contributed by atoms with Crippen molar-refractivity contribution < 1.29 is 14.3 Å². The first-order chi connectivity index (χ1) is 10.2. The van der Waals surface area contributed by atoms with Crippen molar-refractivity contribution in [3.63, 3.8) is 0 Å². The van der Waals surface area contributed by atoms with Crippen molar-refractivity contribution in [1.82, 2.24) is 20.4 Å². The van der Waals surface area contributed by atoms with E-state index in [-0.39, 0.29) is 24.4 Å². The van der Waals surface area contributed by atoms with Crippen LogP contribution in [0.2, 0.25) is 0 Å². The average molecular weight is 296 g/mol. The lowest BCUT2D eigenvalue weighted by molar-refractivity contribution is -0.136. The Morgan fingerprint density at radius 3 is 2.71 bits per heavy atom. The SMILES string of the molecule is O=C1CNC(C(=O)N2CCN(CC3CCCO3)CC2)CN1. The molecule has 2 N–H and O–H groups in total. The molecule has 21 heavy (non-hydrogen) atoms. The van der Waals surface area contributed by atoms with Crippen LogP contribution < -0.4 is 10.6 Å². The molecule has 0 aromatic rings. The van der Waals surface area contributed by atoms with Crippen molar-refractivity contribution in [1.29, 1.82) is 0 Å². The summed E-state index contributed by atoms with van der Waals surface area (Å²) in [4.78, 5) is 27.8. The molecule has 2 unspecified atom stereocenters. The van der Waals surface area contributed by atoms with E-state index in [0.717, 1.165) is 45.8 Å². The second kappa shape index (κ2) is 6.72. The lowest BCUT2D eigenvalue weighted by Gasteiger charge is -2.38. The fraction of sp³-hybridized carbons (Fsp3) is 0.857. The van der Waals surface area contributed by atoms with Crippen molar-refractivity contribution in [3.8, 4) is 0 Å². The molecule has 3 aliphatic heterocycles. The zero-order chi connectivity index (χ0) is 14.7. The van der Waals surface area contributed by atoms with Gasteiger partial charge in [0.15, 0.2) is 0 Å². The largest absolute Gasteiger partial charge is 0.377 e. The van der Waals surface area contributed by atoms with E-state index in [9.17, 15) is 9.59 Å². The number of rotatable bonds is 3. The highest BCUT2D eigenvalue weighted by atomic mass is 16.5. The van der Waals surface area contributed by atoms with Gasteiger partial charge in [-0.15, -0.1) is 0 Å². The molecule has 3 heterocycles. The van der Waals surface area contributed by atoms with Gasteiger partial charge in [0.1, 0.15) is 6.04 Å². The molecule has 0 saturated carbocycles. The summed E-state index contributed by atoms with van der Waals surface area (Å²) < 4.78 is 5.66. The fourth-order valence-corrected chi connectivity index (χ4v) is 3.19. The van der Waals surface area contributed by atoms with Gasteiger partial charge < -0.3 is 15.0 Å². The molecule has 7 heteroatoms. The van der Waals surface area contributed by atoms with Crippen LogP contribution in [-0.4, -0.2) is 86.2 Å². The Hall–Kier alpha value is -1.18. The van der Waals surface area contributed by atoms with E-state index >= 15 is 0 Å². The van der Waals surface area contributed by atoms with Gasteiger partial charge in [0, 0.05) is 45.9 Å². The Morgan fingerprint density at radius 1 is 1.29 bits per heavy atom. The van der Waals surface area contributed by atoms with Crippen LogP contribution >= 0.6 is 0 Å². The third-order valence-electron chi connectivity index (χ3n) is 4.48. The zero-order valence-corrected chi connectivity index (χ0v) is 12.3. The van der Waals surface area contributed by atoms with E-state index in [2.05, 4.69) is 15.5 Å². The van der Waals surface area contributed by atoms with Crippen molar-refractivity contribution in [2.45, 2.75) is 25.0 Å². The highest BCUT2D eigenvalue weighted by Crippen LogP contribution is 2.14. The van der Waals surface area contributed by atoms with Gasteiger partial charge in [0.25, 0.3) is 0 Å². The number of ether oxygens (including phenoxy) is 1. The maximum absolute atomic E-state index is 12.4. The van der Waals surface area contributed by atoms with Crippen molar-refractivity contribution in [2.24, 2.45) is 0 Å². The quantitative estimate of drug-likeness (QED) is 0.656. The van der Waals surface area contributed by atoms with Crippen LogP contribution in [0.25, 0.3) is 0 Å². The van der Waals surface area contributed by atoms with Gasteiger partial charge in [-0.2, -0.15) is 0 Å². The van der Waals surface area contributed by atoms with Gasteiger partial charge in [-0.3, -0.25) is 19.8 Å². The first kappa shape index (κ1) is 14.7. The van der Waals surface area contributed by atoms with Crippen molar-refractivity contribution in [3.05, 3.63) is 0 Å². The monoisotopic (exact) mass is 296 g/mol. The Bertz CT molecular complexity index is 380. The summed E-state index contributed by atoms with van der Waals surface area (Å²) in [5, 5.41) is 5.73. The van der Waals surface area contributed by atoms with E-state index in [1.807, 2.05) is 4.90 Å². The Labute approximate surface area is 125 Å². The van der Waals surface area contributed by atoms with Crippen LogP contribution in [0.15, 0.2) is 0 Å². The molecule has 0 aromatic heterocycles. The first-order valence-corrected chi connectivity index (χ1v) is 7.85. The molecule has 3 saturated heterocycles. The molecular formula is C14H24N4O3. The number of carbonyl (C=O) groups is 2. The number of amides is 2. The number of nitrogens with zero attached hydrogens (tertiary/aromatic N) is 2. The third kappa shape index (κ3) is 3.72. The standard InChI is InChI=1S/C14H24N4O3/c19-13-9-15-12(8-16-13)14(20)18-5-3-17(4-6-18)10-11-2-1-7-21-11/h11-12,15H,1-10H2,(H,16,19). The minimum absolute atomic E-state index is 0.0413. The number of hydrogen-bond acceptors (Lipinski definition) is 5. The van der Waals surface area contributed by atoms with Gasteiger partial charge >= 0.3 is 0 Å². The van der Waals surface area contributed by atoms with Gasteiger partial charge in [-0.1, -0.05) is 0 Å². The number of carbonyl (C=O) groups excluding carboxylic acids is 2. The summed E-state index contributed by atoms with van der Waals surface area (Å²) in [6, 6.07) is -0.271. The summed E-state index contributed by atoms with van der Waals surface area (Å²) >= 11 is 0. The van der Waals surface area contributed by atoms with Gasteiger partial charge in [-0.25, -0.2) is 0 Å². The molecule has 3 aliphatic rings.